The van der Waals surface area contributed by atoms with Gasteiger partial charge in [0.25, 0.3) is 0 Å². The molecule has 22 heteroatoms. The number of piperazine rings is 1. The number of nitrogens with zero attached hydrogens (tertiary/aromatic N) is 7. The number of likely N-dealkylation sites (tertiary alicyclic amines) is 1. The molecule has 2 fully saturated rings. The Bertz CT molecular complexity index is 3260. The van der Waals surface area contributed by atoms with Gasteiger partial charge in [0, 0.05) is 83.8 Å². The minimum absolute atomic E-state index is 0.0200. The number of carbonyl (C=O) groups excluding carboxylic acids is 5. The first-order valence-electron chi connectivity index (χ1n) is 28.3. The molecule has 2 aromatic heterocycles. The third-order valence-corrected chi connectivity index (χ3v) is 16.2. The van der Waals surface area contributed by atoms with Gasteiger partial charge in [-0.2, -0.15) is 4.98 Å². The van der Waals surface area contributed by atoms with Crippen LogP contribution < -0.4 is 20.9 Å². The average Bonchev–Trinajstić information content (AvgIpc) is 4.29. The number of hydrogen-bond acceptors (Lipinski definition) is 15. The number of rotatable bonds is 25. The van der Waals surface area contributed by atoms with Crippen LogP contribution in [0.2, 0.25) is 5.02 Å². The maximum atomic E-state index is 17.0. The zero-order valence-electron chi connectivity index (χ0n) is 48.4. The standard InChI is InChI=1S/C61H76ClFN10O9S/c1-38(40-17-19-41(20-18-40)55-39(2)65-37-83-55)66-58(78)48-15-12-23-73(48)59(79)56(61(3,4)5)67-49(75)36-82-32-31-81-30-29-80-28-11-10-16-51(77)71-24-26-72(27-25-71)57-46-35-47(62)52(45-34-43(74)33-42-13-8-9-14-44(42)45)53(63)54(46)68-60(69-57)64-22-21-50(76)70(6)7/h8-9,13-14,17-20,33-35,37-38,48,56,74H,10-12,15-16,21-32,36H2,1-7H3,(H,66,78)(H,67,75)(H,64,68,69)/t38-,48-,56+/m0/s1. The molecule has 444 valence electrons. The molecule has 4 aromatic carbocycles. The molecule has 0 saturated carbocycles. The lowest BCUT2D eigenvalue weighted by atomic mass is 9.85. The minimum atomic E-state index is -0.879. The minimum Gasteiger partial charge on any atom is -0.508 e. The molecule has 0 bridgehead atoms. The van der Waals surface area contributed by atoms with Crippen molar-refractivity contribution in [2.75, 3.05) is 103 Å². The summed E-state index contributed by atoms with van der Waals surface area (Å²) in [6.07, 6.45) is 3.02. The summed E-state index contributed by atoms with van der Waals surface area (Å²) >= 11 is 8.50. The summed E-state index contributed by atoms with van der Waals surface area (Å²) in [5, 5.41) is 21.6. The summed E-state index contributed by atoms with van der Waals surface area (Å²) in [6.45, 7) is 13.1. The van der Waals surface area contributed by atoms with Gasteiger partial charge in [-0.15, -0.1) is 11.3 Å². The lowest BCUT2D eigenvalue weighted by Crippen LogP contribution is -2.58. The van der Waals surface area contributed by atoms with Gasteiger partial charge < -0.3 is 54.9 Å². The Morgan fingerprint density at radius 2 is 1.58 bits per heavy atom. The summed E-state index contributed by atoms with van der Waals surface area (Å²) in [7, 11) is 3.34. The molecule has 6 aromatic rings. The molecule has 4 heterocycles. The highest BCUT2D eigenvalue weighted by Crippen LogP contribution is 2.42. The van der Waals surface area contributed by atoms with Crippen molar-refractivity contribution < 1.29 is 47.7 Å². The fourth-order valence-electron chi connectivity index (χ4n) is 10.4. The van der Waals surface area contributed by atoms with Gasteiger partial charge in [0.1, 0.15) is 35.8 Å². The first-order valence-corrected chi connectivity index (χ1v) is 29.6. The summed E-state index contributed by atoms with van der Waals surface area (Å²) in [5.74, 6) is -1.20. The SMILES string of the molecule is Cc1ncsc1-c1ccc([C@H](C)NC(=O)[C@@H]2CCCN2C(=O)[C@@H](NC(=O)COCCOCCOCCCCC(=O)N2CCN(c3nc(NCCC(=O)N(C)C)nc4c(F)c(-c5cc(O)cc6ccccc56)c(Cl)cc34)CC2)C(C)(C)C)cc1. The van der Waals surface area contributed by atoms with E-state index >= 15 is 4.39 Å². The number of halogens is 2. The Morgan fingerprint density at radius 3 is 2.28 bits per heavy atom. The average molecular weight is 1180 g/mol. The van der Waals surface area contributed by atoms with Crippen LogP contribution in [0.3, 0.4) is 0 Å². The first-order chi connectivity index (χ1) is 39.8. The van der Waals surface area contributed by atoms with Gasteiger partial charge in [-0.3, -0.25) is 24.0 Å². The molecule has 0 spiro atoms. The third-order valence-electron chi connectivity index (χ3n) is 15.0. The number of ether oxygens (including phenoxy) is 3. The Hall–Kier alpha value is -7.04. The second kappa shape index (κ2) is 28.5. The zero-order valence-corrected chi connectivity index (χ0v) is 50.0. The summed E-state index contributed by atoms with van der Waals surface area (Å²) in [5.41, 5.74) is 4.70. The van der Waals surface area contributed by atoms with Crippen molar-refractivity contribution in [2.45, 2.75) is 91.3 Å². The van der Waals surface area contributed by atoms with Gasteiger partial charge >= 0.3 is 0 Å². The molecule has 0 aliphatic carbocycles. The van der Waals surface area contributed by atoms with E-state index in [0.717, 1.165) is 21.7 Å². The topological polar surface area (TPSA) is 221 Å². The second-order valence-electron chi connectivity index (χ2n) is 22.3. The monoisotopic (exact) mass is 1180 g/mol. The third kappa shape index (κ3) is 15.8. The van der Waals surface area contributed by atoms with E-state index in [9.17, 15) is 29.1 Å². The van der Waals surface area contributed by atoms with E-state index in [1.54, 1.807) is 42.5 Å². The van der Waals surface area contributed by atoms with Crippen molar-refractivity contribution in [3.05, 3.63) is 94.3 Å². The lowest BCUT2D eigenvalue weighted by Gasteiger charge is -2.36. The maximum absolute atomic E-state index is 17.0. The van der Waals surface area contributed by atoms with Gasteiger partial charge in [0.2, 0.25) is 35.5 Å². The van der Waals surface area contributed by atoms with Crippen molar-refractivity contribution in [1.82, 2.24) is 40.3 Å². The number of thiazole rings is 1. The summed E-state index contributed by atoms with van der Waals surface area (Å²) in [4.78, 5) is 88.2. The molecule has 3 atom stereocenters. The fourth-order valence-corrected chi connectivity index (χ4v) is 11.5. The highest BCUT2D eigenvalue weighted by atomic mass is 35.5. The number of anilines is 2. The number of hydrogen-bond donors (Lipinski definition) is 4. The number of carbonyl (C=O) groups is 5. The second-order valence-corrected chi connectivity index (χ2v) is 23.5. The lowest BCUT2D eigenvalue weighted by molar-refractivity contribution is -0.144. The van der Waals surface area contributed by atoms with Gasteiger partial charge in [-0.25, -0.2) is 14.4 Å². The molecule has 2 aliphatic heterocycles. The molecule has 0 radical (unpaired) electrons. The Balaban J connectivity index is 0.726. The van der Waals surface area contributed by atoms with Gasteiger partial charge in [0.05, 0.1) is 53.6 Å². The molecule has 5 amide bonds. The zero-order chi connectivity index (χ0) is 59.4. The molecule has 0 unspecified atom stereocenters. The molecule has 2 aliphatic rings. The van der Waals surface area contributed by atoms with Crippen LogP contribution >= 0.6 is 22.9 Å². The van der Waals surface area contributed by atoms with E-state index < -0.39 is 29.2 Å². The van der Waals surface area contributed by atoms with Crippen molar-refractivity contribution >= 4 is 85.9 Å². The quantitative estimate of drug-likeness (QED) is 0.0395. The highest BCUT2D eigenvalue weighted by Gasteiger charge is 2.42. The normalized spacial score (nSPS) is 15.4. The number of aromatic hydroxyl groups is 1. The Kier molecular flexibility index (Phi) is 21.3. The molecular weight excluding hydrogens is 1100 g/mol. The summed E-state index contributed by atoms with van der Waals surface area (Å²) < 4.78 is 34.0. The van der Waals surface area contributed by atoms with Crippen LogP contribution in [0.15, 0.2) is 72.2 Å². The van der Waals surface area contributed by atoms with E-state index in [-0.39, 0.29) is 90.3 Å². The smallest absolute Gasteiger partial charge is 0.246 e. The van der Waals surface area contributed by atoms with E-state index in [4.69, 9.17) is 30.8 Å². The number of fused-ring (bicyclic) bond motifs is 2. The molecular formula is C61H76ClFN10O9S. The van der Waals surface area contributed by atoms with E-state index in [1.807, 2.05) is 98.5 Å². The number of phenolic OH excluding ortho intramolecular Hbond substituents is 1. The molecule has 2 saturated heterocycles. The van der Waals surface area contributed by atoms with Crippen LogP contribution in [0, 0.1) is 18.2 Å². The van der Waals surface area contributed by atoms with E-state index in [2.05, 4.69) is 25.9 Å². The van der Waals surface area contributed by atoms with Crippen LogP contribution in [-0.4, -0.2) is 169 Å². The number of aromatic nitrogens is 3. The number of unbranched alkanes of at least 4 members (excludes halogenated alkanes) is 1. The van der Waals surface area contributed by atoms with Crippen molar-refractivity contribution in [3.63, 3.8) is 0 Å². The first kappa shape index (κ1) is 62.0. The van der Waals surface area contributed by atoms with Crippen LogP contribution in [0.25, 0.3) is 43.2 Å². The highest BCUT2D eigenvalue weighted by molar-refractivity contribution is 7.13. The van der Waals surface area contributed by atoms with Gasteiger partial charge in [-0.1, -0.05) is 80.9 Å². The molecule has 19 nitrogen and oxygen atoms in total. The van der Waals surface area contributed by atoms with Gasteiger partial charge in [-0.05, 0) is 90.6 Å². The van der Waals surface area contributed by atoms with Crippen LogP contribution in [0.4, 0.5) is 16.2 Å². The summed E-state index contributed by atoms with van der Waals surface area (Å²) in [6, 6.07) is 18.3. The van der Waals surface area contributed by atoms with Crippen LogP contribution in [-0.2, 0) is 38.2 Å². The predicted octanol–water partition coefficient (Wildman–Crippen LogP) is 8.54. The number of amides is 5. The molecule has 83 heavy (non-hydrogen) atoms. The largest absolute Gasteiger partial charge is 0.508 e. The molecule has 8 rings (SSSR count). The Labute approximate surface area is 493 Å². The van der Waals surface area contributed by atoms with Gasteiger partial charge in [0.15, 0.2) is 5.82 Å². The maximum Gasteiger partial charge on any atom is 0.246 e. The van der Waals surface area contributed by atoms with Crippen molar-refractivity contribution in [1.29, 1.82) is 0 Å². The Morgan fingerprint density at radius 1 is 0.867 bits per heavy atom. The van der Waals surface area contributed by atoms with Crippen LogP contribution in [0.1, 0.15) is 83.5 Å². The van der Waals surface area contributed by atoms with Crippen molar-refractivity contribution in [2.24, 2.45) is 5.41 Å². The van der Waals surface area contributed by atoms with Crippen molar-refractivity contribution in [3.8, 4) is 27.3 Å². The number of nitrogens with one attached hydrogen (secondary N) is 3. The van der Waals surface area contributed by atoms with E-state index in [1.165, 1.54) is 11.0 Å². The fraction of sp³-hybridized carbons (Fsp3) is 0.475. The number of phenols is 1. The number of aryl methyl sites for hydroxylation is 1. The number of benzene rings is 4. The predicted molar refractivity (Wildman–Crippen MR) is 321 cm³/mol. The van der Waals surface area contributed by atoms with E-state index in [0.29, 0.717) is 112 Å². The molecule has 4 N–H and O–H groups in total. The van der Waals surface area contributed by atoms with Crippen LogP contribution in [0.5, 0.6) is 5.75 Å².